The molecule has 1 saturated heterocycles. The number of carbonyl (C=O) groups is 2. The van der Waals surface area contributed by atoms with Gasteiger partial charge in [-0.05, 0) is 6.07 Å². The summed E-state index contributed by atoms with van der Waals surface area (Å²) in [6.45, 7) is 1.03. The zero-order chi connectivity index (χ0) is 11.7. The van der Waals surface area contributed by atoms with Gasteiger partial charge < -0.3 is 10.0 Å². The van der Waals surface area contributed by atoms with Gasteiger partial charge >= 0.3 is 5.97 Å². The topological polar surface area (TPSA) is 75.4 Å². The molecule has 0 radical (unpaired) electrons. The van der Waals surface area contributed by atoms with Crippen molar-refractivity contribution in [3.63, 3.8) is 0 Å². The van der Waals surface area contributed by atoms with Crippen LogP contribution in [-0.2, 0) is 11.8 Å². The molecule has 1 amide bonds. The lowest BCUT2D eigenvalue weighted by atomic mass is 9.96. The van der Waals surface area contributed by atoms with Gasteiger partial charge in [0.25, 0.3) is 5.91 Å². The van der Waals surface area contributed by atoms with E-state index in [2.05, 4.69) is 5.10 Å². The lowest BCUT2D eigenvalue weighted by molar-refractivity contribution is -0.139. The van der Waals surface area contributed by atoms with E-state index in [1.807, 2.05) is 0 Å². The molecule has 0 aliphatic carbocycles. The Balaban J connectivity index is 1.88. The maximum atomic E-state index is 11.8. The van der Waals surface area contributed by atoms with E-state index in [-0.39, 0.29) is 18.2 Å². The molecule has 0 spiro atoms. The molecule has 1 aliphatic heterocycles. The number of hydrogen-bond acceptors (Lipinski definition) is 3. The first-order chi connectivity index (χ1) is 7.56. The van der Waals surface area contributed by atoms with Gasteiger partial charge in [0.1, 0.15) is 5.69 Å². The van der Waals surface area contributed by atoms with Crippen molar-refractivity contribution in [2.45, 2.75) is 6.42 Å². The zero-order valence-electron chi connectivity index (χ0n) is 8.96. The molecule has 1 aliphatic rings. The molecule has 1 aromatic heterocycles. The van der Waals surface area contributed by atoms with Gasteiger partial charge in [-0.25, -0.2) is 0 Å². The van der Waals surface area contributed by atoms with Crippen LogP contribution in [0.5, 0.6) is 0 Å². The molecule has 0 unspecified atom stereocenters. The van der Waals surface area contributed by atoms with E-state index in [1.54, 1.807) is 28.9 Å². The highest BCUT2D eigenvalue weighted by Crippen LogP contribution is 2.20. The molecule has 0 atom stereocenters. The number of amides is 1. The molecule has 1 N–H and O–H groups in total. The van der Waals surface area contributed by atoms with Crippen molar-refractivity contribution in [3.05, 3.63) is 18.0 Å². The largest absolute Gasteiger partial charge is 0.481 e. The second kappa shape index (κ2) is 3.96. The average Bonchev–Trinajstić information content (AvgIpc) is 2.56. The van der Waals surface area contributed by atoms with Crippen LogP contribution < -0.4 is 0 Å². The molecular weight excluding hydrogens is 210 g/mol. The lowest BCUT2D eigenvalue weighted by Gasteiger charge is -2.38. The van der Waals surface area contributed by atoms with Crippen LogP contribution in [0, 0.1) is 5.92 Å². The summed E-state index contributed by atoms with van der Waals surface area (Å²) in [6.07, 6.45) is 1.84. The van der Waals surface area contributed by atoms with Gasteiger partial charge in [-0.15, -0.1) is 0 Å². The van der Waals surface area contributed by atoms with Crippen molar-refractivity contribution in [2.75, 3.05) is 13.1 Å². The van der Waals surface area contributed by atoms with Crippen LogP contribution in [0.3, 0.4) is 0 Å². The maximum absolute atomic E-state index is 11.8. The van der Waals surface area contributed by atoms with Crippen LogP contribution in [0.4, 0.5) is 0 Å². The third-order valence-electron chi connectivity index (χ3n) is 2.64. The second-order valence-corrected chi connectivity index (χ2v) is 4.05. The number of likely N-dealkylation sites (tertiary alicyclic amines) is 1. The third-order valence-corrected chi connectivity index (χ3v) is 2.64. The number of carboxylic acid groups (broad SMARTS) is 1. The monoisotopic (exact) mass is 223 g/mol. The fourth-order valence-corrected chi connectivity index (χ4v) is 1.80. The lowest BCUT2D eigenvalue weighted by Crippen LogP contribution is -2.50. The predicted molar refractivity (Wildman–Crippen MR) is 54.9 cm³/mol. The molecule has 1 fully saturated rings. The molecule has 0 bridgehead atoms. The molecule has 6 nitrogen and oxygen atoms in total. The molecule has 2 heterocycles. The van der Waals surface area contributed by atoms with Gasteiger partial charge in [0.2, 0.25) is 0 Å². The first kappa shape index (κ1) is 10.7. The minimum absolute atomic E-state index is 0.0881. The highest BCUT2D eigenvalue weighted by molar-refractivity contribution is 5.92. The summed E-state index contributed by atoms with van der Waals surface area (Å²) in [7, 11) is 1.75. The SMILES string of the molecule is Cn1ccc(C(=O)N2CC(CC(=O)O)C2)n1. The van der Waals surface area contributed by atoms with Gasteiger partial charge in [-0.2, -0.15) is 5.10 Å². The Morgan fingerprint density at radius 2 is 2.25 bits per heavy atom. The molecule has 0 saturated carbocycles. The Kier molecular flexibility index (Phi) is 2.64. The van der Waals surface area contributed by atoms with Crippen molar-refractivity contribution in [3.8, 4) is 0 Å². The van der Waals surface area contributed by atoms with E-state index in [0.717, 1.165) is 0 Å². The zero-order valence-corrected chi connectivity index (χ0v) is 8.96. The van der Waals surface area contributed by atoms with Gasteiger partial charge in [0, 0.05) is 32.3 Å². The highest BCUT2D eigenvalue weighted by Gasteiger charge is 2.33. The van der Waals surface area contributed by atoms with Crippen LogP contribution in [0.1, 0.15) is 16.9 Å². The van der Waals surface area contributed by atoms with E-state index in [4.69, 9.17) is 5.11 Å². The number of aromatic nitrogens is 2. The third kappa shape index (κ3) is 2.05. The van der Waals surface area contributed by atoms with Crippen molar-refractivity contribution >= 4 is 11.9 Å². The van der Waals surface area contributed by atoms with Crippen molar-refractivity contribution in [1.29, 1.82) is 0 Å². The van der Waals surface area contributed by atoms with Crippen LogP contribution in [-0.4, -0.2) is 44.8 Å². The van der Waals surface area contributed by atoms with E-state index in [0.29, 0.717) is 18.8 Å². The van der Waals surface area contributed by atoms with Crippen LogP contribution in [0.15, 0.2) is 12.3 Å². The molecule has 0 aromatic carbocycles. The Morgan fingerprint density at radius 1 is 1.56 bits per heavy atom. The first-order valence-corrected chi connectivity index (χ1v) is 5.07. The smallest absolute Gasteiger partial charge is 0.303 e. The van der Waals surface area contributed by atoms with Crippen LogP contribution in [0.2, 0.25) is 0 Å². The molecule has 86 valence electrons. The van der Waals surface area contributed by atoms with Crippen molar-refractivity contribution in [1.82, 2.24) is 14.7 Å². The number of carbonyl (C=O) groups excluding carboxylic acids is 1. The Bertz CT molecular complexity index is 421. The number of hydrogen-bond donors (Lipinski definition) is 1. The minimum atomic E-state index is -0.810. The van der Waals surface area contributed by atoms with Gasteiger partial charge in [-0.1, -0.05) is 0 Å². The number of nitrogens with zero attached hydrogens (tertiary/aromatic N) is 3. The highest BCUT2D eigenvalue weighted by atomic mass is 16.4. The minimum Gasteiger partial charge on any atom is -0.481 e. The number of carboxylic acids is 1. The Hall–Kier alpha value is -1.85. The quantitative estimate of drug-likeness (QED) is 0.780. The van der Waals surface area contributed by atoms with Crippen molar-refractivity contribution < 1.29 is 14.7 Å². The summed E-state index contributed by atoms with van der Waals surface area (Å²) in [5.74, 6) is -0.845. The fraction of sp³-hybridized carbons (Fsp3) is 0.500. The summed E-state index contributed by atoms with van der Waals surface area (Å²) in [4.78, 5) is 23.8. The first-order valence-electron chi connectivity index (χ1n) is 5.07. The van der Waals surface area contributed by atoms with E-state index in [1.165, 1.54) is 0 Å². The number of aliphatic carboxylic acids is 1. The molecule has 1 aromatic rings. The Labute approximate surface area is 92.5 Å². The number of rotatable bonds is 3. The molecule has 2 rings (SSSR count). The van der Waals surface area contributed by atoms with Crippen LogP contribution >= 0.6 is 0 Å². The number of aryl methyl sites for hydroxylation is 1. The summed E-state index contributed by atoms with van der Waals surface area (Å²) in [6, 6.07) is 1.66. The second-order valence-electron chi connectivity index (χ2n) is 4.05. The summed E-state index contributed by atoms with van der Waals surface area (Å²) >= 11 is 0. The average molecular weight is 223 g/mol. The maximum Gasteiger partial charge on any atom is 0.303 e. The fourth-order valence-electron chi connectivity index (χ4n) is 1.80. The summed E-state index contributed by atoms with van der Waals surface area (Å²) in [5.41, 5.74) is 0.413. The molecule has 6 heteroatoms. The normalized spacial score (nSPS) is 15.9. The van der Waals surface area contributed by atoms with Crippen LogP contribution in [0.25, 0.3) is 0 Å². The van der Waals surface area contributed by atoms with E-state index < -0.39 is 5.97 Å². The van der Waals surface area contributed by atoms with Crippen molar-refractivity contribution in [2.24, 2.45) is 13.0 Å². The summed E-state index contributed by atoms with van der Waals surface area (Å²) < 4.78 is 1.57. The molecular formula is C10H13N3O3. The standard InChI is InChI=1S/C10H13N3O3/c1-12-3-2-8(11-12)10(16)13-5-7(6-13)4-9(14)15/h2-3,7H,4-6H2,1H3,(H,14,15). The van der Waals surface area contributed by atoms with E-state index in [9.17, 15) is 9.59 Å². The summed E-state index contributed by atoms with van der Waals surface area (Å²) in [5, 5.41) is 12.6. The Morgan fingerprint density at radius 3 is 2.75 bits per heavy atom. The van der Waals surface area contributed by atoms with Gasteiger partial charge in [0.15, 0.2) is 0 Å². The van der Waals surface area contributed by atoms with Gasteiger partial charge in [0.05, 0.1) is 6.42 Å². The molecule has 16 heavy (non-hydrogen) atoms. The predicted octanol–water partition coefficient (Wildman–Crippen LogP) is -0.0332. The van der Waals surface area contributed by atoms with Gasteiger partial charge in [-0.3, -0.25) is 14.3 Å². The van der Waals surface area contributed by atoms with E-state index >= 15 is 0 Å².